The minimum Gasteiger partial charge on any atom is -0.234 e. The number of halogens is 1. The van der Waals surface area contributed by atoms with Gasteiger partial charge in [0.25, 0.3) is 0 Å². The third-order valence-electron chi connectivity index (χ3n) is 1.52. The third-order valence-corrected chi connectivity index (χ3v) is 3.65. The summed E-state index contributed by atoms with van der Waals surface area (Å²) >= 11 is 8.86. The van der Waals surface area contributed by atoms with Crippen LogP contribution in [-0.4, -0.2) is 21.4 Å². The Morgan fingerprint density at radius 2 is 2.21 bits per heavy atom. The average Bonchev–Trinajstić information content (AvgIpc) is 2.66. The lowest BCUT2D eigenvalue weighted by atomic mass is 10.4. The van der Waals surface area contributed by atoms with Crippen LogP contribution in [0.4, 0.5) is 0 Å². The largest absolute Gasteiger partial charge is 0.234 e. The summed E-state index contributed by atoms with van der Waals surface area (Å²) in [6.45, 7) is 0. The number of pyridine rings is 1. The van der Waals surface area contributed by atoms with Crippen LogP contribution in [0.25, 0.3) is 10.7 Å². The zero-order chi connectivity index (χ0) is 9.97. The van der Waals surface area contributed by atoms with E-state index in [-0.39, 0.29) is 0 Å². The van der Waals surface area contributed by atoms with Crippen LogP contribution in [-0.2, 0) is 0 Å². The number of hydrogen-bond acceptors (Lipinski definition) is 5. The van der Waals surface area contributed by atoms with Crippen LogP contribution in [0.5, 0.6) is 0 Å². The molecule has 0 saturated carbocycles. The molecule has 0 radical (unpaired) electrons. The first-order chi connectivity index (χ1) is 6.79. The summed E-state index contributed by atoms with van der Waals surface area (Å²) in [4.78, 5) is 4.16. The molecule has 0 aromatic carbocycles. The molecule has 0 amide bonds. The molecule has 3 nitrogen and oxygen atoms in total. The highest BCUT2D eigenvalue weighted by molar-refractivity contribution is 8.00. The molecule has 0 spiro atoms. The maximum absolute atomic E-state index is 5.78. The van der Waals surface area contributed by atoms with Gasteiger partial charge in [-0.2, -0.15) is 0 Å². The Balaban J connectivity index is 2.39. The number of rotatable bonds is 2. The standard InChI is InChI=1S/C8H6ClN3S2/c1-13-8-12-11-7(14-8)5-3-2-4-6(9)10-5/h2-4H,1H3. The van der Waals surface area contributed by atoms with Crippen molar-refractivity contribution >= 4 is 34.7 Å². The molecule has 0 saturated heterocycles. The van der Waals surface area contributed by atoms with Gasteiger partial charge in [0.2, 0.25) is 0 Å². The normalized spacial score (nSPS) is 10.4. The van der Waals surface area contributed by atoms with E-state index in [9.17, 15) is 0 Å². The van der Waals surface area contributed by atoms with Crippen molar-refractivity contribution in [2.45, 2.75) is 4.34 Å². The van der Waals surface area contributed by atoms with Crippen LogP contribution in [0.1, 0.15) is 0 Å². The second-order valence-corrected chi connectivity index (χ2v) is 4.84. The van der Waals surface area contributed by atoms with E-state index in [2.05, 4.69) is 15.2 Å². The van der Waals surface area contributed by atoms with E-state index in [1.807, 2.05) is 18.4 Å². The van der Waals surface area contributed by atoms with Crippen molar-refractivity contribution in [3.63, 3.8) is 0 Å². The molecule has 2 aromatic heterocycles. The fourth-order valence-electron chi connectivity index (χ4n) is 0.923. The van der Waals surface area contributed by atoms with Crippen molar-refractivity contribution in [2.75, 3.05) is 6.26 Å². The molecule has 2 aromatic rings. The molecule has 0 unspecified atom stereocenters. The fraction of sp³-hybridized carbons (Fsp3) is 0.125. The van der Waals surface area contributed by atoms with Crippen LogP contribution >= 0.6 is 34.7 Å². The second-order valence-electron chi connectivity index (χ2n) is 2.42. The summed E-state index contributed by atoms with van der Waals surface area (Å²) < 4.78 is 0.932. The summed E-state index contributed by atoms with van der Waals surface area (Å²) in [5, 5.41) is 9.29. The highest BCUT2D eigenvalue weighted by atomic mass is 35.5. The van der Waals surface area contributed by atoms with E-state index in [1.165, 1.54) is 11.3 Å². The van der Waals surface area contributed by atoms with Crippen LogP contribution in [0.2, 0.25) is 5.15 Å². The van der Waals surface area contributed by atoms with Crippen LogP contribution < -0.4 is 0 Å². The van der Waals surface area contributed by atoms with Crippen LogP contribution in [0.15, 0.2) is 22.5 Å². The lowest BCUT2D eigenvalue weighted by Gasteiger charge is -1.93. The number of aromatic nitrogens is 3. The quantitative estimate of drug-likeness (QED) is 0.601. The fourth-order valence-corrected chi connectivity index (χ4v) is 2.33. The minimum atomic E-state index is 0.475. The van der Waals surface area contributed by atoms with Crippen molar-refractivity contribution in [2.24, 2.45) is 0 Å². The molecule has 0 bridgehead atoms. The average molecular weight is 244 g/mol. The number of hydrogen-bond donors (Lipinski definition) is 0. The monoisotopic (exact) mass is 243 g/mol. The second kappa shape index (κ2) is 4.25. The van der Waals surface area contributed by atoms with Gasteiger partial charge in [-0.25, -0.2) is 4.98 Å². The molecule has 2 heterocycles. The Bertz CT molecular complexity index is 444. The highest BCUT2D eigenvalue weighted by Crippen LogP contribution is 2.27. The minimum absolute atomic E-state index is 0.475. The Hall–Kier alpha value is -0.650. The van der Waals surface area contributed by atoms with E-state index in [4.69, 9.17) is 11.6 Å². The smallest absolute Gasteiger partial charge is 0.174 e. The third kappa shape index (κ3) is 2.05. The van der Waals surface area contributed by atoms with Gasteiger partial charge in [0, 0.05) is 0 Å². The molecule has 6 heteroatoms. The molecule has 0 aliphatic carbocycles. The first-order valence-corrected chi connectivity index (χ1v) is 6.22. The topological polar surface area (TPSA) is 38.7 Å². The van der Waals surface area contributed by atoms with E-state index >= 15 is 0 Å². The Morgan fingerprint density at radius 1 is 1.36 bits per heavy atom. The molecule has 2 rings (SSSR count). The molecule has 0 aliphatic heterocycles. The zero-order valence-corrected chi connectivity index (χ0v) is 9.66. The molecular formula is C8H6ClN3S2. The Kier molecular flexibility index (Phi) is 3.00. The first-order valence-electron chi connectivity index (χ1n) is 3.80. The molecule has 0 aliphatic rings. The van der Waals surface area contributed by atoms with E-state index in [0.29, 0.717) is 5.15 Å². The van der Waals surface area contributed by atoms with Gasteiger partial charge in [-0.05, 0) is 18.4 Å². The van der Waals surface area contributed by atoms with Gasteiger partial charge in [0.05, 0.1) is 0 Å². The van der Waals surface area contributed by atoms with Crippen molar-refractivity contribution in [1.82, 2.24) is 15.2 Å². The van der Waals surface area contributed by atoms with Gasteiger partial charge in [-0.3, -0.25) is 0 Å². The summed E-state index contributed by atoms with van der Waals surface area (Å²) in [5.41, 5.74) is 0.773. The van der Waals surface area contributed by atoms with Crippen molar-refractivity contribution in [3.05, 3.63) is 23.4 Å². The van der Waals surface area contributed by atoms with Crippen LogP contribution in [0.3, 0.4) is 0 Å². The maximum Gasteiger partial charge on any atom is 0.174 e. The van der Waals surface area contributed by atoms with Crippen LogP contribution in [0, 0.1) is 0 Å². The molecular weight excluding hydrogens is 238 g/mol. The summed E-state index contributed by atoms with van der Waals surface area (Å²) in [6, 6.07) is 5.46. The molecule has 0 N–H and O–H groups in total. The highest BCUT2D eigenvalue weighted by Gasteiger charge is 2.06. The first kappa shape index (κ1) is 9.89. The zero-order valence-electron chi connectivity index (χ0n) is 7.27. The van der Waals surface area contributed by atoms with Gasteiger partial charge in [0.1, 0.15) is 10.8 Å². The predicted octanol–water partition coefficient (Wildman–Crippen LogP) is 2.98. The van der Waals surface area contributed by atoms with Crippen molar-refractivity contribution < 1.29 is 0 Å². The molecule has 14 heavy (non-hydrogen) atoms. The SMILES string of the molecule is CSc1nnc(-c2cccc(Cl)n2)s1. The Morgan fingerprint density at radius 3 is 2.86 bits per heavy atom. The predicted molar refractivity (Wildman–Crippen MR) is 59.9 cm³/mol. The van der Waals surface area contributed by atoms with Gasteiger partial charge in [-0.1, -0.05) is 40.8 Å². The lowest BCUT2D eigenvalue weighted by molar-refractivity contribution is 1.01. The van der Waals surface area contributed by atoms with E-state index in [0.717, 1.165) is 15.0 Å². The van der Waals surface area contributed by atoms with Gasteiger partial charge in [-0.15, -0.1) is 10.2 Å². The summed E-state index contributed by atoms with van der Waals surface area (Å²) in [6.07, 6.45) is 1.97. The van der Waals surface area contributed by atoms with E-state index in [1.54, 1.807) is 17.8 Å². The summed E-state index contributed by atoms with van der Waals surface area (Å²) in [7, 11) is 0. The van der Waals surface area contributed by atoms with Gasteiger partial charge >= 0.3 is 0 Å². The molecule has 72 valence electrons. The van der Waals surface area contributed by atoms with Gasteiger partial charge < -0.3 is 0 Å². The van der Waals surface area contributed by atoms with Crippen molar-refractivity contribution in [3.8, 4) is 10.7 Å². The number of thioether (sulfide) groups is 1. The number of nitrogens with zero attached hydrogens (tertiary/aromatic N) is 3. The maximum atomic E-state index is 5.78. The molecule has 0 atom stereocenters. The van der Waals surface area contributed by atoms with Gasteiger partial charge in [0.15, 0.2) is 9.35 Å². The van der Waals surface area contributed by atoms with E-state index < -0.39 is 0 Å². The summed E-state index contributed by atoms with van der Waals surface area (Å²) in [5.74, 6) is 0. The van der Waals surface area contributed by atoms with Crippen molar-refractivity contribution in [1.29, 1.82) is 0 Å². The Labute approximate surface area is 94.5 Å². The lowest BCUT2D eigenvalue weighted by Crippen LogP contribution is -1.82. The molecule has 0 fully saturated rings.